The number of hydrogen-bond acceptors (Lipinski definition) is 5. The van der Waals surface area contributed by atoms with Crippen molar-refractivity contribution < 1.29 is 14.9 Å². The van der Waals surface area contributed by atoms with Gasteiger partial charge in [-0.1, -0.05) is 0 Å². The van der Waals surface area contributed by atoms with E-state index in [-0.39, 0.29) is 0 Å². The molecule has 0 bridgehead atoms. The molecule has 0 amide bonds. The van der Waals surface area contributed by atoms with E-state index in [2.05, 4.69) is 4.98 Å². The summed E-state index contributed by atoms with van der Waals surface area (Å²) in [7, 11) is 0. The van der Waals surface area contributed by atoms with E-state index < -0.39 is 41.7 Å². The summed E-state index contributed by atoms with van der Waals surface area (Å²) in [6, 6.07) is 1.15. The summed E-state index contributed by atoms with van der Waals surface area (Å²) in [5, 5.41) is 17.7. The van der Waals surface area contributed by atoms with Crippen molar-refractivity contribution in [2.45, 2.75) is 23.8 Å². The summed E-state index contributed by atoms with van der Waals surface area (Å²) in [5.41, 5.74) is -1.21. The number of aromatic amines is 1. The van der Waals surface area contributed by atoms with Crippen molar-refractivity contribution in [3.63, 3.8) is 0 Å². The highest BCUT2D eigenvalue weighted by atomic mass is 35.5. The maximum Gasteiger partial charge on any atom is 0.330 e. The minimum absolute atomic E-state index is 0.404. The molecular weight excluding hydrogens is 252 g/mol. The molecule has 2 heterocycles. The minimum atomic E-state index is -1.08. The maximum absolute atomic E-state index is 11.5. The first-order valence-electron chi connectivity index (χ1n) is 4.94. The molecule has 3 N–H and O–H groups in total. The summed E-state index contributed by atoms with van der Waals surface area (Å²) >= 11 is 5.91. The van der Waals surface area contributed by atoms with Gasteiger partial charge in [0.15, 0.2) is 6.23 Å². The number of halogens is 1. The smallest absolute Gasteiger partial charge is 0.330 e. The van der Waals surface area contributed by atoms with Gasteiger partial charge in [0.05, 0.1) is 6.61 Å². The molecule has 94 valence electrons. The number of H-pyrrole nitrogens is 1. The lowest BCUT2D eigenvalue weighted by Crippen LogP contribution is -2.35. The summed E-state index contributed by atoms with van der Waals surface area (Å²) in [4.78, 5) is 24.4. The van der Waals surface area contributed by atoms with Crippen LogP contribution in [-0.4, -0.2) is 44.0 Å². The Bertz CT molecular complexity index is 513. The largest absolute Gasteiger partial charge is 0.394 e. The quantitative estimate of drug-likeness (QED) is 0.557. The van der Waals surface area contributed by atoms with Crippen molar-refractivity contribution in [2.75, 3.05) is 6.61 Å². The second kappa shape index (κ2) is 4.61. The standard InChI is InChI=1S/C9H11ClN2O5/c10-6-7(15)4(3-13)17-8(6)12-2-1-5(14)11-9(12)16/h1-2,4,6-8,13,15H,3H2,(H,11,14,16)/t4-,6+,7+,8+/m0/s1. The number of nitrogens with zero attached hydrogens (tertiary/aromatic N) is 1. The summed E-state index contributed by atoms with van der Waals surface area (Å²) in [6.07, 6.45) is -1.62. The van der Waals surface area contributed by atoms with E-state index in [0.29, 0.717) is 0 Å². The molecule has 0 aliphatic carbocycles. The fourth-order valence-electron chi connectivity index (χ4n) is 1.71. The Kier molecular flexibility index (Phi) is 3.34. The third-order valence-corrected chi connectivity index (χ3v) is 3.07. The average Bonchev–Trinajstić information content (AvgIpc) is 2.57. The van der Waals surface area contributed by atoms with Gasteiger partial charge in [-0.25, -0.2) is 4.79 Å². The fraction of sp³-hybridized carbons (Fsp3) is 0.556. The number of alkyl halides is 1. The van der Waals surface area contributed by atoms with Crippen LogP contribution in [0.15, 0.2) is 21.9 Å². The van der Waals surface area contributed by atoms with Crippen LogP contribution in [0.1, 0.15) is 6.23 Å². The lowest BCUT2D eigenvalue weighted by Gasteiger charge is -2.15. The van der Waals surface area contributed by atoms with Crippen LogP contribution in [0, 0.1) is 0 Å². The zero-order valence-corrected chi connectivity index (χ0v) is 9.37. The van der Waals surface area contributed by atoms with Gasteiger partial charge in [-0.2, -0.15) is 0 Å². The average molecular weight is 263 g/mol. The molecule has 1 aliphatic heterocycles. The van der Waals surface area contributed by atoms with Crippen molar-refractivity contribution in [3.8, 4) is 0 Å². The molecule has 0 unspecified atom stereocenters. The third kappa shape index (κ3) is 2.14. The van der Waals surface area contributed by atoms with Gasteiger partial charge in [-0.15, -0.1) is 11.6 Å². The van der Waals surface area contributed by atoms with E-state index in [0.717, 1.165) is 10.6 Å². The van der Waals surface area contributed by atoms with Crippen molar-refractivity contribution in [1.82, 2.24) is 9.55 Å². The third-order valence-electron chi connectivity index (χ3n) is 2.60. The predicted molar refractivity (Wildman–Crippen MR) is 58.0 cm³/mol. The molecule has 0 radical (unpaired) electrons. The SMILES string of the molecule is O=c1ccn([C@@H]2O[C@@H](CO)[C@@H](O)[C@H]2Cl)c(=O)[nH]1. The Morgan fingerprint density at radius 2 is 2.24 bits per heavy atom. The van der Waals surface area contributed by atoms with Crippen LogP contribution in [0.4, 0.5) is 0 Å². The van der Waals surface area contributed by atoms with E-state index in [1.54, 1.807) is 0 Å². The summed E-state index contributed by atoms with van der Waals surface area (Å²) in [6.45, 7) is -0.404. The second-order valence-electron chi connectivity index (χ2n) is 3.70. The molecule has 2 rings (SSSR count). The molecule has 17 heavy (non-hydrogen) atoms. The van der Waals surface area contributed by atoms with Gasteiger partial charge in [-0.3, -0.25) is 14.3 Å². The van der Waals surface area contributed by atoms with Crippen LogP contribution >= 0.6 is 11.6 Å². The second-order valence-corrected chi connectivity index (χ2v) is 4.20. The Morgan fingerprint density at radius 3 is 2.76 bits per heavy atom. The van der Waals surface area contributed by atoms with Crippen LogP contribution < -0.4 is 11.2 Å². The van der Waals surface area contributed by atoms with Crippen LogP contribution in [0.5, 0.6) is 0 Å². The topological polar surface area (TPSA) is 105 Å². The number of nitrogens with one attached hydrogen (secondary N) is 1. The Labute approximate surface area is 100 Å². The van der Waals surface area contributed by atoms with Crippen LogP contribution in [0.2, 0.25) is 0 Å². The van der Waals surface area contributed by atoms with E-state index >= 15 is 0 Å². The van der Waals surface area contributed by atoms with Gasteiger partial charge >= 0.3 is 5.69 Å². The maximum atomic E-state index is 11.5. The van der Waals surface area contributed by atoms with Gasteiger partial charge in [0.2, 0.25) is 0 Å². The van der Waals surface area contributed by atoms with Crippen molar-refractivity contribution in [2.24, 2.45) is 0 Å². The Morgan fingerprint density at radius 1 is 1.53 bits per heavy atom. The lowest BCUT2D eigenvalue weighted by molar-refractivity contribution is -0.0457. The van der Waals surface area contributed by atoms with Crippen LogP contribution in [0.3, 0.4) is 0 Å². The van der Waals surface area contributed by atoms with Gasteiger partial charge in [-0.05, 0) is 0 Å². The molecule has 8 heteroatoms. The molecule has 4 atom stereocenters. The van der Waals surface area contributed by atoms with Gasteiger partial charge in [0.1, 0.15) is 17.6 Å². The number of aliphatic hydroxyl groups excluding tert-OH is 2. The molecule has 1 aliphatic rings. The number of hydrogen-bond donors (Lipinski definition) is 3. The van der Waals surface area contributed by atoms with Gasteiger partial charge in [0, 0.05) is 12.3 Å². The van der Waals surface area contributed by atoms with Gasteiger partial charge < -0.3 is 14.9 Å². The number of rotatable bonds is 2. The highest BCUT2D eigenvalue weighted by molar-refractivity contribution is 6.21. The number of aliphatic hydroxyl groups is 2. The van der Waals surface area contributed by atoms with Gasteiger partial charge in [0.25, 0.3) is 5.56 Å². The van der Waals surface area contributed by atoms with E-state index in [4.69, 9.17) is 21.4 Å². The monoisotopic (exact) mass is 262 g/mol. The van der Waals surface area contributed by atoms with Crippen LogP contribution in [-0.2, 0) is 4.74 Å². The summed E-state index contributed by atoms with van der Waals surface area (Å²) < 4.78 is 6.32. The zero-order chi connectivity index (χ0) is 12.6. The summed E-state index contributed by atoms with van der Waals surface area (Å²) in [5.74, 6) is 0. The molecule has 0 saturated carbocycles. The van der Waals surface area contributed by atoms with E-state index in [9.17, 15) is 14.7 Å². The molecule has 0 aromatic carbocycles. The van der Waals surface area contributed by atoms with Crippen molar-refractivity contribution in [3.05, 3.63) is 33.1 Å². The molecule has 1 aromatic heterocycles. The first kappa shape index (κ1) is 12.3. The molecule has 1 fully saturated rings. The number of ether oxygens (including phenoxy) is 1. The minimum Gasteiger partial charge on any atom is -0.394 e. The molecule has 7 nitrogen and oxygen atoms in total. The normalized spacial score (nSPS) is 32.9. The Balaban J connectivity index is 2.35. The first-order valence-corrected chi connectivity index (χ1v) is 5.38. The molecular formula is C9H11ClN2O5. The van der Waals surface area contributed by atoms with Crippen LogP contribution in [0.25, 0.3) is 0 Å². The van der Waals surface area contributed by atoms with Crippen molar-refractivity contribution in [1.29, 1.82) is 0 Å². The molecule has 1 aromatic rings. The fourth-order valence-corrected chi connectivity index (χ4v) is 2.05. The highest BCUT2D eigenvalue weighted by Crippen LogP contribution is 2.31. The van der Waals surface area contributed by atoms with Crippen molar-refractivity contribution >= 4 is 11.6 Å². The molecule has 0 spiro atoms. The predicted octanol–water partition coefficient (Wildman–Crippen LogP) is -1.61. The molecule has 1 saturated heterocycles. The Hall–Kier alpha value is -1.15. The zero-order valence-electron chi connectivity index (χ0n) is 8.62. The highest BCUT2D eigenvalue weighted by Gasteiger charge is 2.43. The lowest BCUT2D eigenvalue weighted by atomic mass is 10.2. The first-order chi connectivity index (χ1) is 8.04. The van der Waals surface area contributed by atoms with E-state index in [1.165, 1.54) is 6.20 Å². The number of aromatic nitrogens is 2. The van der Waals surface area contributed by atoms with E-state index in [1.807, 2.05) is 0 Å².